The monoisotopic (exact) mass is 342 g/mol. The molecule has 0 fully saturated rings. The summed E-state index contributed by atoms with van der Waals surface area (Å²) in [7, 11) is 3.43. The zero-order valence-corrected chi connectivity index (χ0v) is 15.2. The first-order valence-electron chi connectivity index (χ1n) is 8.90. The van der Waals surface area contributed by atoms with E-state index in [0.717, 1.165) is 24.3 Å². The lowest BCUT2D eigenvalue weighted by Crippen LogP contribution is -2.06. The SMILES string of the molecule is COc1ccc(C2=C(c3ccccc3)c3ccc(OC)cc3CC2)cc1. The molecule has 26 heavy (non-hydrogen) atoms. The number of aryl methyl sites for hydroxylation is 1. The zero-order chi connectivity index (χ0) is 17.9. The van der Waals surface area contributed by atoms with Crippen LogP contribution in [0.1, 0.15) is 28.7 Å². The molecule has 0 radical (unpaired) electrons. The first kappa shape index (κ1) is 16.5. The molecule has 0 N–H and O–H groups in total. The largest absolute Gasteiger partial charge is 0.497 e. The number of rotatable bonds is 4. The molecule has 2 nitrogen and oxygen atoms in total. The molecular formula is C24H22O2. The van der Waals surface area contributed by atoms with Crippen LogP contribution in [0.15, 0.2) is 72.8 Å². The number of hydrogen-bond acceptors (Lipinski definition) is 2. The van der Waals surface area contributed by atoms with E-state index in [9.17, 15) is 0 Å². The van der Waals surface area contributed by atoms with Crippen LogP contribution in [0.4, 0.5) is 0 Å². The third kappa shape index (κ3) is 2.99. The Bertz CT molecular complexity index is 938. The molecule has 0 heterocycles. The summed E-state index contributed by atoms with van der Waals surface area (Å²) >= 11 is 0. The van der Waals surface area contributed by atoms with Crippen LogP contribution in [-0.2, 0) is 6.42 Å². The molecule has 1 aliphatic rings. The minimum atomic E-state index is 0.886. The first-order chi connectivity index (χ1) is 12.8. The van der Waals surface area contributed by atoms with Crippen molar-refractivity contribution in [3.05, 3.63) is 95.1 Å². The molecule has 1 aliphatic carbocycles. The average molecular weight is 342 g/mol. The second-order valence-corrected chi connectivity index (χ2v) is 6.47. The second kappa shape index (κ2) is 7.09. The lowest BCUT2D eigenvalue weighted by atomic mass is 9.79. The van der Waals surface area contributed by atoms with Gasteiger partial charge in [0, 0.05) is 0 Å². The van der Waals surface area contributed by atoms with Crippen molar-refractivity contribution in [2.75, 3.05) is 14.2 Å². The summed E-state index contributed by atoms with van der Waals surface area (Å²) in [6.45, 7) is 0. The van der Waals surface area contributed by atoms with E-state index in [2.05, 4.69) is 60.7 Å². The number of fused-ring (bicyclic) bond motifs is 1. The Morgan fingerprint density at radius 1 is 0.654 bits per heavy atom. The fourth-order valence-electron chi connectivity index (χ4n) is 3.71. The summed E-state index contributed by atoms with van der Waals surface area (Å²) in [5.74, 6) is 1.81. The Labute approximate surface area is 154 Å². The van der Waals surface area contributed by atoms with Crippen molar-refractivity contribution >= 4 is 11.1 Å². The molecule has 0 bridgehead atoms. The highest BCUT2D eigenvalue weighted by Crippen LogP contribution is 2.41. The van der Waals surface area contributed by atoms with Gasteiger partial charge in [0.25, 0.3) is 0 Å². The molecule has 130 valence electrons. The number of hydrogen-bond donors (Lipinski definition) is 0. The maximum atomic E-state index is 5.43. The quantitative estimate of drug-likeness (QED) is 0.613. The highest BCUT2D eigenvalue weighted by atomic mass is 16.5. The van der Waals surface area contributed by atoms with E-state index in [1.165, 1.54) is 33.4 Å². The van der Waals surface area contributed by atoms with E-state index in [4.69, 9.17) is 9.47 Å². The predicted octanol–water partition coefficient (Wildman–Crippen LogP) is 5.61. The van der Waals surface area contributed by atoms with Gasteiger partial charge in [-0.15, -0.1) is 0 Å². The third-order valence-electron chi connectivity index (χ3n) is 5.03. The van der Waals surface area contributed by atoms with Crippen LogP contribution in [0.2, 0.25) is 0 Å². The van der Waals surface area contributed by atoms with E-state index < -0.39 is 0 Å². The van der Waals surface area contributed by atoms with Gasteiger partial charge in [0.2, 0.25) is 0 Å². The summed E-state index contributed by atoms with van der Waals surface area (Å²) in [6, 6.07) is 25.5. The van der Waals surface area contributed by atoms with Gasteiger partial charge in [0.1, 0.15) is 11.5 Å². The molecule has 0 aliphatic heterocycles. The molecule has 3 aromatic carbocycles. The molecule has 0 atom stereocenters. The first-order valence-corrected chi connectivity index (χ1v) is 8.90. The Hall–Kier alpha value is -3.00. The Morgan fingerprint density at radius 2 is 1.35 bits per heavy atom. The minimum absolute atomic E-state index is 0.886. The Balaban J connectivity index is 1.92. The van der Waals surface area contributed by atoms with Crippen molar-refractivity contribution in [2.45, 2.75) is 12.8 Å². The predicted molar refractivity (Wildman–Crippen MR) is 107 cm³/mol. The standard InChI is InChI=1S/C24H22O2/c1-25-20-11-8-17(9-12-20)22-14-10-19-16-21(26-2)13-15-23(19)24(22)18-6-4-3-5-7-18/h3-9,11-13,15-16H,10,14H2,1-2H3. The van der Waals surface area contributed by atoms with Crippen molar-refractivity contribution in [3.63, 3.8) is 0 Å². The molecule has 4 rings (SSSR count). The minimum Gasteiger partial charge on any atom is -0.497 e. The molecule has 0 unspecified atom stereocenters. The summed E-state index contributed by atoms with van der Waals surface area (Å²) < 4.78 is 10.7. The number of methoxy groups -OCH3 is 2. The van der Waals surface area contributed by atoms with Gasteiger partial charge in [-0.3, -0.25) is 0 Å². The van der Waals surface area contributed by atoms with E-state index in [1.807, 2.05) is 12.1 Å². The van der Waals surface area contributed by atoms with E-state index in [0.29, 0.717) is 0 Å². The third-order valence-corrected chi connectivity index (χ3v) is 5.03. The molecule has 0 saturated heterocycles. The van der Waals surface area contributed by atoms with E-state index >= 15 is 0 Å². The molecule has 3 aromatic rings. The van der Waals surface area contributed by atoms with Crippen LogP contribution >= 0.6 is 0 Å². The van der Waals surface area contributed by atoms with Crippen LogP contribution in [0.3, 0.4) is 0 Å². The van der Waals surface area contributed by atoms with Gasteiger partial charge >= 0.3 is 0 Å². The van der Waals surface area contributed by atoms with Crippen LogP contribution < -0.4 is 9.47 Å². The highest BCUT2D eigenvalue weighted by molar-refractivity contribution is 6.00. The molecule has 0 aromatic heterocycles. The topological polar surface area (TPSA) is 18.5 Å². The van der Waals surface area contributed by atoms with Crippen LogP contribution in [0.5, 0.6) is 11.5 Å². The maximum absolute atomic E-state index is 5.43. The fourth-order valence-corrected chi connectivity index (χ4v) is 3.71. The number of benzene rings is 3. The Morgan fingerprint density at radius 3 is 2.04 bits per heavy atom. The maximum Gasteiger partial charge on any atom is 0.119 e. The summed E-state index contributed by atoms with van der Waals surface area (Å²) in [4.78, 5) is 0. The summed E-state index contributed by atoms with van der Waals surface area (Å²) in [6.07, 6.45) is 2.03. The zero-order valence-electron chi connectivity index (χ0n) is 15.2. The molecular weight excluding hydrogens is 320 g/mol. The van der Waals surface area contributed by atoms with Crippen LogP contribution in [-0.4, -0.2) is 14.2 Å². The van der Waals surface area contributed by atoms with E-state index in [-0.39, 0.29) is 0 Å². The van der Waals surface area contributed by atoms with Crippen molar-refractivity contribution in [1.29, 1.82) is 0 Å². The molecule has 2 heteroatoms. The van der Waals surface area contributed by atoms with E-state index in [1.54, 1.807) is 14.2 Å². The lowest BCUT2D eigenvalue weighted by Gasteiger charge is -2.25. The van der Waals surface area contributed by atoms with Crippen molar-refractivity contribution in [1.82, 2.24) is 0 Å². The van der Waals surface area contributed by atoms with Gasteiger partial charge in [-0.2, -0.15) is 0 Å². The van der Waals surface area contributed by atoms with Gasteiger partial charge < -0.3 is 9.47 Å². The van der Waals surface area contributed by atoms with Gasteiger partial charge in [-0.1, -0.05) is 48.5 Å². The lowest BCUT2D eigenvalue weighted by molar-refractivity contribution is 0.414. The van der Waals surface area contributed by atoms with Gasteiger partial charge in [0.05, 0.1) is 14.2 Å². The Kier molecular flexibility index (Phi) is 4.49. The molecule has 0 spiro atoms. The van der Waals surface area contributed by atoms with Crippen LogP contribution in [0.25, 0.3) is 11.1 Å². The normalized spacial score (nSPS) is 13.3. The smallest absolute Gasteiger partial charge is 0.119 e. The molecule has 0 amide bonds. The van der Waals surface area contributed by atoms with Crippen molar-refractivity contribution in [2.24, 2.45) is 0 Å². The average Bonchev–Trinajstić information content (AvgIpc) is 2.73. The summed E-state index contributed by atoms with van der Waals surface area (Å²) in [5, 5.41) is 0. The van der Waals surface area contributed by atoms with Gasteiger partial charge in [0.15, 0.2) is 0 Å². The second-order valence-electron chi connectivity index (χ2n) is 6.47. The van der Waals surface area contributed by atoms with Crippen LogP contribution in [0, 0.1) is 0 Å². The molecule has 0 saturated carbocycles. The van der Waals surface area contributed by atoms with Crippen molar-refractivity contribution in [3.8, 4) is 11.5 Å². The number of allylic oxidation sites excluding steroid dienone is 1. The highest BCUT2D eigenvalue weighted by Gasteiger charge is 2.21. The van der Waals surface area contributed by atoms with Gasteiger partial charge in [-0.25, -0.2) is 0 Å². The number of ether oxygens (including phenoxy) is 2. The van der Waals surface area contributed by atoms with Crippen molar-refractivity contribution < 1.29 is 9.47 Å². The summed E-state index contributed by atoms with van der Waals surface area (Å²) in [5.41, 5.74) is 7.86. The van der Waals surface area contributed by atoms with Gasteiger partial charge in [-0.05, 0) is 70.5 Å². The fraction of sp³-hybridized carbons (Fsp3) is 0.167.